The third kappa shape index (κ3) is 7.63. The molecule has 0 unspecified atom stereocenters. The van der Waals surface area contributed by atoms with Crippen molar-refractivity contribution in [2.24, 2.45) is 5.92 Å². The fraction of sp³-hybridized carbons (Fsp3) is 0.362. The molecule has 4 heterocycles. The Morgan fingerprint density at radius 1 is 0.707 bits per heavy atom. The molecule has 10 nitrogen and oxygen atoms in total. The summed E-state index contributed by atoms with van der Waals surface area (Å²) in [5.74, 6) is -1.04. The third-order valence-electron chi connectivity index (χ3n) is 12.9. The first kappa shape index (κ1) is 38.1. The van der Waals surface area contributed by atoms with Crippen LogP contribution in [0, 0.1) is 5.92 Å². The van der Waals surface area contributed by atoms with E-state index < -0.39 is 12.0 Å². The van der Waals surface area contributed by atoms with Crippen molar-refractivity contribution in [1.29, 1.82) is 0 Å². The minimum atomic E-state index is -0.902. The lowest BCUT2D eigenvalue weighted by Crippen LogP contribution is -2.52. The van der Waals surface area contributed by atoms with Gasteiger partial charge < -0.3 is 19.8 Å². The van der Waals surface area contributed by atoms with E-state index in [4.69, 9.17) is 11.6 Å². The SMILES string of the molecule is O=C1CC[C@H](N2Cc3cc(N4CCN(CC5CCN(c6ccc(C7=C(c8ccc(Cl)cc8)CCCc8cc(C(=O)O)ccc87)cc6)CC5)CC4)ccc3C2=O)C(=O)N1. The third-order valence-corrected chi connectivity index (χ3v) is 13.1. The maximum atomic E-state index is 13.2. The maximum absolute atomic E-state index is 13.2. The van der Waals surface area contributed by atoms with Crippen LogP contribution in [0.3, 0.4) is 0 Å². The van der Waals surface area contributed by atoms with Crippen LogP contribution < -0.4 is 15.1 Å². The molecule has 0 bridgehead atoms. The molecule has 3 fully saturated rings. The first-order valence-corrected chi connectivity index (χ1v) is 21.0. The van der Waals surface area contributed by atoms with Gasteiger partial charge in [0.05, 0.1) is 5.56 Å². The average molecular weight is 798 g/mol. The van der Waals surface area contributed by atoms with Crippen molar-refractivity contribution in [1.82, 2.24) is 15.1 Å². The van der Waals surface area contributed by atoms with E-state index in [1.54, 1.807) is 11.0 Å². The van der Waals surface area contributed by atoms with Gasteiger partial charge in [0, 0.05) is 80.7 Å². The summed E-state index contributed by atoms with van der Waals surface area (Å²) in [5, 5.41) is 12.8. The van der Waals surface area contributed by atoms with Crippen molar-refractivity contribution < 1.29 is 24.3 Å². The van der Waals surface area contributed by atoms with Gasteiger partial charge in [-0.1, -0.05) is 41.9 Å². The van der Waals surface area contributed by atoms with Gasteiger partial charge in [0.25, 0.3) is 5.91 Å². The lowest BCUT2D eigenvalue weighted by molar-refractivity contribution is -0.136. The van der Waals surface area contributed by atoms with Crippen molar-refractivity contribution in [2.45, 2.75) is 57.5 Å². The van der Waals surface area contributed by atoms with Gasteiger partial charge in [-0.25, -0.2) is 4.79 Å². The topological polar surface area (TPSA) is 114 Å². The number of carboxylic acid groups (broad SMARTS) is 1. The molecule has 3 saturated heterocycles. The molecule has 2 N–H and O–H groups in total. The zero-order chi connectivity index (χ0) is 39.9. The average Bonchev–Trinajstić information content (AvgIpc) is 3.43. The molecule has 3 amide bonds. The van der Waals surface area contributed by atoms with Gasteiger partial charge in [-0.2, -0.15) is 0 Å². The Morgan fingerprint density at radius 3 is 2.12 bits per heavy atom. The van der Waals surface area contributed by atoms with Crippen LogP contribution in [0.2, 0.25) is 5.02 Å². The predicted octanol–water partition coefficient (Wildman–Crippen LogP) is 7.13. The van der Waals surface area contributed by atoms with E-state index in [-0.39, 0.29) is 24.1 Å². The second kappa shape index (κ2) is 16.1. The van der Waals surface area contributed by atoms with Crippen LogP contribution in [-0.4, -0.2) is 90.5 Å². The molecular formula is C47H48ClN5O5. The number of carbonyl (C=O) groups excluding carboxylic acids is 3. The van der Waals surface area contributed by atoms with Crippen LogP contribution in [-0.2, 0) is 22.6 Å². The van der Waals surface area contributed by atoms with E-state index in [2.05, 4.69) is 62.5 Å². The lowest BCUT2D eigenvalue weighted by Gasteiger charge is -2.40. The van der Waals surface area contributed by atoms with Gasteiger partial charge >= 0.3 is 5.97 Å². The number of piperidine rings is 2. The number of piperazine rings is 1. The highest BCUT2D eigenvalue weighted by molar-refractivity contribution is 6.30. The number of anilines is 2. The van der Waals surface area contributed by atoms with E-state index in [9.17, 15) is 24.3 Å². The van der Waals surface area contributed by atoms with Crippen LogP contribution in [0.15, 0.2) is 84.9 Å². The van der Waals surface area contributed by atoms with E-state index in [1.165, 1.54) is 16.8 Å². The summed E-state index contributed by atoms with van der Waals surface area (Å²) in [5.41, 5.74) is 11.1. The molecule has 4 aliphatic heterocycles. The Bertz CT molecular complexity index is 2290. The summed E-state index contributed by atoms with van der Waals surface area (Å²) in [6, 6.07) is 28.0. The molecule has 11 heteroatoms. The van der Waals surface area contributed by atoms with Crippen LogP contribution in [0.5, 0.6) is 0 Å². The molecule has 1 atom stereocenters. The number of hydrogen-bond donors (Lipinski definition) is 2. The molecule has 0 aromatic heterocycles. The Balaban J connectivity index is 0.811. The van der Waals surface area contributed by atoms with Crippen LogP contribution in [0.25, 0.3) is 11.1 Å². The molecular weight excluding hydrogens is 750 g/mol. The largest absolute Gasteiger partial charge is 0.478 e. The number of aryl methyl sites for hydroxylation is 1. The van der Waals surface area contributed by atoms with E-state index in [1.807, 2.05) is 36.4 Å². The second-order valence-electron chi connectivity index (χ2n) is 16.4. The van der Waals surface area contributed by atoms with Gasteiger partial charge in [0.15, 0.2) is 0 Å². The first-order chi connectivity index (χ1) is 28.2. The van der Waals surface area contributed by atoms with E-state index in [0.29, 0.717) is 35.0 Å². The molecule has 1 aliphatic carbocycles. The summed E-state index contributed by atoms with van der Waals surface area (Å²) >= 11 is 6.28. The maximum Gasteiger partial charge on any atom is 0.335 e. The standard InChI is InChI=1S/C47H48ClN5O5/c48-36-9-4-31(5-10-36)39-3-1-2-33-26-34(47(57)58)8-14-40(33)44(39)32-6-11-37(12-7-32)51-20-18-30(19-21-51)28-50-22-24-52(25-23-50)38-13-15-41-35(27-38)29-53(46(41)56)42-16-17-43(54)49-45(42)55/h4-15,26-27,30,42H,1-3,16-25,28-29H2,(H,57,58)(H,49,54,55)/t42-/m0/s1. The Labute approximate surface area is 344 Å². The minimum absolute atomic E-state index is 0.134. The molecule has 298 valence electrons. The number of carbonyl (C=O) groups is 4. The van der Waals surface area contributed by atoms with E-state index in [0.717, 1.165) is 111 Å². The highest BCUT2D eigenvalue weighted by Crippen LogP contribution is 2.41. The van der Waals surface area contributed by atoms with Crippen molar-refractivity contribution in [3.8, 4) is 0 Å². The summed E-state index contributed by atoms with van der Waals surface area (Å²) in [4.78, 5) is 58.3. The Morgan fingerprint density at radius 2 is 1.40 bits per heavy atom. The number of amides is 3. The molecule has 5 aliphatic rings. The predicted molar refractivity (Wildman–Crippen MR) is 226 cm³/mol. The van der Waals surface area contributed by atoms with E-state index >= 15 is 0 Å². The summed E-state index contributed by atoms with van der Waals surface area (Å²) < 4.78 is 0. The number of benzene rings is 4. The molecule has 0 radical (unpaired) electrons. The highest BCUT2D eigenvalue weighted by atomic mass is 35.5. The Kier molecular flexibility index (Phi) is 10.6. The van der Waals surface area contributed by atoms with Crippen molar-refractivity contribution in [2.75, 3.05) is 55.6 Å². The molecule has 0 spiro atoms. The van der Waals surface area contributed by atoms with Crippen LogP contribution >= 0.6 is 11.6 Å². The molecule has 9 rings (SSSR count). The van der Waals surface area contributed by atoms with Gasteiger partial charge in [-0.05, 0) is 138 Å². The number of nitrogens with one attached hydrogen (secondary N) is 1. The number of fused-ring (bicyclic) bond motifs is 2. The molecule has 0 saturated carbocycles. The smallest absolute Gasteiger partial charge is 0.335 e. The van der Waals surface area contributed by atoms with Crippen molar-refractivity contribution in [3.05, 3.63) is 129 Å². The van der Waals surface area contributed by atoms with Crippen molar-refractivity contribution >= 4 is 57.8 Å². The number of aromatic carboxylic acids is 1. The fourth-order valence-corrected chi connectivity index (χ4v) is 9.84. The van der Waals surface area contributed by atoms with Crippen LogP contribution in [0.4, 0.5) is 11.4 Å². The molecule has 4 aromatic carbocycles. The summed E-state index contributed by atoms with van der Waals surface area (Å²) in [6.45, 7) is 7.38. The number of allylic oxidation sites excluding steroid dienone is 1. The zero-order valence-corrected chi connectivity index (χ0v) is 33.3. The van der Waals surface area contributed by atoms with Crippen LogP contribution in [0.1, 0.15) is 87.1 Å². The van der Waals surface area contributed by atoms with Crippen molar-refractivity contribution in [3.63, 3.8) is 0 Å². The van der Waals surface area contributed by atoms with Gasteiger partial charge in [-0.15, -0.1) is 0 Å². The zero-order valence-electron chi connectivity index (χ0n) is 32.6. The molecule has 4 aromatic rings. The summed E-state index contributed by atoms with van der Waals surface area (Å²) in [6.07, 6.45) is 5.57. The van der Waals surface area contributed by atoms with Gasteiger partial charge in [0.1, 0.15) is 6.04 Å². The quantitative estimate of drug-likeness (QED) is 0.181. The first-order valence-electron chi connectivity index (χ1n) is 20.6. The number of hydrogen-bond acceptors (Lipinski definition) is 7. The normalized spacial score (nSPS) is 20.5. The Hall–Kier alpha value is -5.45. The second-order valence-corrected chi connectivity index (χ2v) is 16.8. The highest BCUT2D eigenvalue weighted by Gasteiger charge is 2.39. The number of carboxylic acids is 1. The number of nitrogens with zero attached hydrogens (tertiary/aromatic N) is 4. The molecule has 58 heavy (non-hydrogen) atoms. The number of rotatable bonds is 8. The number of halogens is 1. The van der Waals surface area contributed by atoms with Gasteiger partial charge in [-0.3, -0.25) is 24.6 Å². The monoisotopic (exact) mass is 797 g/mol. The summed E-state index contributed by atoms with van der Waals surface area (Å²) in [7, 11) is 0. The lowest BCUT2D eigenvalue weighted by atomic mass is 9.87. The number of imide groups is 1. The van der Waals surface area contributed by atoms with Gasteiger partial charge in [0.2, 0.25) is 11.8 Å². The fourth-order valence-electron chi connectivity index (χ4n) is 9.71. The minimum Gasteiger partial charge on any atom is -0.478 e.